The number of rotatable bonds is 4. The molecule has 0 aliphatic carbocycles. The minimum Gasteiger partial charge on any atom is -0.342 e. The van der Waals surface area contributed by atoms with Crippen molar-refractivity contribution in [1.29, 1.82) is 0 Å². The summed E-state index contributed by atoms with van der Waals surface area (Å²) < 4.78 is 15.4. The number of aromatic nitrogens is 1. The molecule has 1 aromatic heterocycles. The van der Waals surface area contributed by atoms with E-state index in [4.69, 9.17) is 0 Å². The molecule has 1 saturated heterocycles. The van der Waals surface area contributed by atoms with Crippen LogP contribution in [0.2, 0.25) is 0 Å². The number of halogens is 1. The predicted molar refractivity (Wildman–Crippen MR) is 129 cm³/mol. The second kappa shape index (κ2) is 8.48. The third kappa shape index (κ3) is 4.22. The molecule has 0 saturated carbocycles. The number of amidine groups is 1. The van der Waals surface area contributed by atoms with Gasteiger partial charge in [0, 0.05) is 29.2 Å². The molecule has 1 aliphatic rings. The lowest BCUT2D eigenvalue weighted by atomic mass is 10.1. The minimum atomic E-state index is -0.246. The number of benzene rings is 3. The van der Waals surface area contributed by atoms with Crippen LogP contribution in [-0.2, 0) is 11.3 Å². The SMILES string of the molecule is Cc1ccc(N=C2NC(=O)/C(=C\c3cn(Cc4ccc(F)cc4)c4ccccc34)S2)cc1. The van der Waals surface area contributed by atoms with Gasteiger partial charge in [0.05, 0.1) is 10.6 Å². The first-order valence-electron chi connectivity index (χ1n) is 10.2. The van der Waals surface area contributed by atoms with Crippen LogP contribution in [0.4, 0.5) is 10.1 Å². The fraction of sp³-hybridized carbons (Fsp3) is 0.0769. The number of carbonyl (C=O) groups is 1. The highest BCUT2D eigenvalue weighted by Gasteiger charge is 2.24. The smallest absolute Gasteiger partial charge is 0.264 e. The zero-order chi connectivity index (χ0) is 22.1. The van der Waals surface area contributed by atoms with Crippen molar-refractivity contribution in [3.8, 4) is 0 Å². The van der Waals surface area contributed by atoms with Crippen LogP contribution in [0.25, 0.3) is 17.0 Å². The van der Waals surface area contributed by atoms with Gasteiger partial charge < -0.3 is 9.88 Å². The lowest BCUT2D eigenvalue weighted by Gasteiger charge is -2.05. The van der Waals surface area contributed by atoms with Gasteiger partial charge in [-0.3, -0.25) is 4.79 Å². The molecule has 0 spiro atoms. The second-order valence-electron chi connectivity index (χ2n) is 7.67. The molecule has 5 rings (SSSR count). The van der Waals surface area contributed by atoms with E-state index >= 15 is 0 Å². The molecule has 4 nitrogen and oxygen atoms in total. The number of thioether (sulfide) groups is 1. The summed E-state index contributed by atoms with van der Waals surface area (Å²) in [7, 11) is 0. The maximum absolute atomic E-state index is 13.3. The van der Waals surface area contributed by atoms with Gasteiger partial charge in [-0.15, -0.1) is 0 Å². The van der Waals surface area contributed by atoms with Crippen LogP contribution >= 0.6 is 11.8 Å². The Hall–Kier alpha value is -3.64. The average molecular weight is 442 g/mol. The van der Waals surface area contributed by atoms with Crippen LogP contribution in [0, 0.1) is 12.7 Å². The van der Waals surface area contributed by atoms with E-state index < -0.39 is 0 Å². The Balaban J connectivity index is 1.46. The van der Waals surface area contributed by atoms with Crippen molar-refractivity contribution in [2.24, 2.45) is 4.99 Å². The van der Waals surface area contributed by atoms with Crippen LogP contribution in [0.3, 0.4) is 0 Å². The van der Waals surface area contributed by atoms with E-state index in [9.17, 15) is 9.18 Å². The van der Waals surface area contributed by atoms with E-state index in [1.165, 1.54) is 23.9 Å². The molecular formula is C26H20FN3OS. The van der Waals surface area contributed by atoms with Gasteiger partial charge in [0.1, 0.15) is 5.82 Å². The first-order valence-corrected chi connectivity index (χ1v) is 11.1. The first kappa shape index (κ1) is 20.3. The quantitative estimate of drug-likeness (QED) is 0.393. The molecule has 0 atom stereocenters. The largest absolute Gasteiger partial charge is 0.342 e. The standard InChI is InChI=1S/C26H20FN3OS/c1-17-6-12-21(13-7-17)28-26-29-25(31)24(32-26)14-19-16-30(23-5-3-2-4-22(19)23)15-18-8-10-20(27)11-9-18/h2-14,16H,15H2,1H3,(H,28,29,31)/b24-14+. The Labute approximate surface area is 189 Å². The van der Waals surface area contributed by atoms with Crippen molar-refractivity contribution >= 4 is 45.5 Å². The summed E-state index contributed by atoms with van der Waals surface area (Å²) in [5, 5.41) is 4.48. The van der Waals surface area contributed by atoms with Gasteiger partial charge in [0.2, 0.25) is 0 Å². The number of hydrogen-bond acceptors (Lipinski definition) is 3. The van der Waals surface area contributed by atoms with E-state index in [-0.39, 0.29) is 11.7 Å². The van der Waals surface area contributed by atoms with Crippen LogP contribution < -0.4 is 5.32 Å². The molecule has 32 heavy (non-hydrogen) atoms. The average Bonchev–Trinajstić information content (AvgIpc) is 3.31. The van der Waals surface area contributed by atoms with Crippen LogP contribution in [0.5, 0.6) is 0 Å². The molecule has 4 aromatic rings. The van der Waals surface area contributed by atoms with Crippen molar-refractivity contribution in [2.45, 2.75) is 13.5 Å². The summed E-state index contributed by atoms with van der Waals surface area (Å²) in [6, 6.07) is 22.4. The van der Waals surface area contributed by atoms with Gasteiger partial charge in [-0.1, -0.05) is 48.0 Å². The molecule has 158 valence electrons. The van der Waals surface area contributed by atoms with Gasteiger partial charge in [-0.05, 0) is 60.7 Å². The summed E-state index contributed by atoms with van der Waals surface area (Å²) >= 11 is 1.34. The maximum Gasteiger partial charge on any atom is 0.264 e. The van der Waals surface area contributed by atoms with Crippen molar-refractivity contribution in [3.63, 3.8) is 0 Å². The number of fused-ring (bicyclic) bond motifs is 1. The molecule has 0 bridgehead atoms. The third-order valence-electron chi connectivity index (χ3n) is 5.29. The van der Waals surface area contributed by atoms with Gasteiger partial charge in [0.15, 0.2) is 5.17 Å². The Bertz CT molecular complexity index is 1370. The van der Waals surface area contributed by atoms with Crippen molar-refractivity contribution < 1.29 is 9.18 Å². The van der Waals surface area contributed by atoms with Crippen LogP contribution in [0.15, 0.2) is 88.9 Å². The lowest BCUT2D eigenvalue weighted by Crippen LogP contribution is -2.19. The number of hydrogen-bond donors (Lipinski definition) is 1. The Morgan fingerprint density at radius 3 is 2.56 bits per heavy atom. The molecule has 1 fully saturated rings. The molecule has 1 amide bonds. The molecule has 3 aromatic carbocycles. The highest BCUT2D eigenvalue weighted by molar-refractivity contribution is 8.18. The third-order valence-corrected chi connectivity index (χ3v) is 6.20. The van der Waals surface area contributed by atoms with Crippen molar-refractivity contribution in [2.75, 3.05) is 0 Å². The maximum atomic E-state index is 13.3. The molecule has 2 heterocycles. The summed E-state index contributed by atoms with van der Waals surface area (Å²) in [6.45, 7) is 2.64. The molecule has 1 N–H and O–H groups in total. The first-order chi connectivity index (χ1) is 15.5. The summed E-state index contributed by atoms with van der Waals surface area (Å²) in [5.74, 6) is -0.403. The van der Waals surface area contributed by atoms with E-state index in [0.717, 1.165) is 33.3 Å². The number of carbonyl (C=O) groups excluding carboxylic acids is 1. The van der Waals surface area contributed by atoms with Crippen LogP contribution in [0.1, 0.15) is 16.7 Å². The second-order valence-corrected chi connectivity index (χ2v) is 8.70. The number of aryl methyl sites for hydroxylation is 1. The van der Waals surface area contributed by atoms with Crippen molar-refractivity contribution in [3.05, 3.63) is 106 Å². The van der Waals surface area contributed by atoms with Crippen LogP contribution in [-0.4, -0.2) is 15.6 Å². The summed E-state index contributed by atoms with van der Waals surface area (Å²) in [4.78, 5) is 17.7. The summed E-state index contributed by atoms with van der Waals surface area (Å²) in [6.07, 6.45) is 3.94. The van der Waals surface area contributed by atoms with E-state index in [1.54, 1.807) is 12.1 Å². The molecule has 0 radical (unpaired) electrons. The Kier molecular flexibility index (Phi) is 5.37. The molecule has 0 unspecified atom stereocenters. The van der Waals surface area contributed by atoms with Gasteiger partial charge >= 0.3 is 0 Å². The number of nitrogens with zero attached hydrogens (tertiary/aromatic N) is 2. The zero-order valence-corrected chi connectivity index (χ0v) is 18.2. The number of amides is 1. The monoisotopic (exact) mass is 441 g/mol. The lowest BCUT2D eigenvalue weighted by molar-refractivity contribution is -0.115. The predicted octanol–water partition coefficient (Wildman–Crippen LogP) is 6.03. The van der Waals surface area contributed by atoms with Gasteiger partial charge in [-0.2, -0.15) is 0 Å². The normalized spacial score (nSPS) is 16.2. The fourth-order valence-corrected chi connectivity index (χ4v) is 4.50. The molecule has 6 heteroatoms. The number of aliphatic imine (C=N–C) groups is 1. The van der Waals surface area contributed by atoms with E-state index in [1.807, 2.05) is 67.7 Å². The Morgan fingerprint density at radius 1 is 1.03 bits per heavy atom. The van der Waals surface area contributed by atoms with Crippen molar-refractivity contribution in [1.82, 2.24) is 9.88 Å². The number of nitrogens with one attached hydrogen (secondary N) is 1. The van der Waals surface area contributed by atoms with E-state index in [2.05, 4.69) is 14.9 Å². The highest BCUT2D eigenvalue weighted by Crippen LogP contribution is 2.31. The molecule has 1 aliphatic heterocycles. The fourth-order valence-electron chi connectivity index (χ4n) is 3.67. The summed E-state index contributed by atoms with van der Waals surface area (Å²) in [5.41, 5.74) is 4.98. The van der Waals surface area contributed by atoms with E-state index in [0.29, 0.717) is 16.6 Å². The number of para-hydroxylation sites is 1. The zero-order valence-electron chi connectivity index (χ0n) is 17.4. The minimum absolute atomic E-state index is 0.156. The topological polar surface area (TPSA) is 46.4 Å². The molecular weight excluding hydrogens is 421 g/mol. The van der Waals surface area contributed by atoms with Gasteiger partial charge in [-0.25, -0.2) is 9.38 Å². The highest BCUT2D eigenvalue weighted by atomic mass is 32.2. The Morgan fingerprint density at radius 2 is 1.78 bits per heavy atom. The van der Waals surface area contributed by atoms with Gasteiger partial charge in [0.25, 0.3) is 5.91 Å².